The summed E-state index contributed by atoms with van der Waals surface area (Å²) in [6.45, 7) is 7.94. The normalized spacial score (nSPS) is 15.9. The van der Waals surface area contributed by atoms with Gasteiger partial charge in [-0.25, -0.2) is 14.4 Å². The minimum Gasteiger partial charge on any atom is -0.477 e. The fourth-order valence-corrected chi connectivity index (χ4v) is 5.70. The van der Waals surface area contributed by atoms with E-state index in [9.17, 15) is 29.7 Å². The van der Waals surface area contributed by atoms with E-state index < -0.39 is 36.0 Å². The van der Waals surface area contributed by atoms with Crippen LogP contribution in [0.2, 0.25) is 0 Å². The molecule has 0 spiro atoms. The number of rotatable bonds is 24. The van der Waals surface area contributed by atoms with Crippen LogP contribution in [0.3, 0.4) is 0 Å². The number of unbranched alkanes of at least 4 members (excludes halogenated alkanes) is 9. The molecule has 3 unspecified atom stereocenters. The Balaban J connectivity index is 5.55. The van der Waals surface area contributed by atoms with Gasteiger partial charge in [0.05, 0.1) is 6.54 Å². The Morgan fingerprint density at radius 1 is 0.611 bits per heavy atom. The molecule has 0 fully saturated rings. The lowest BCUT2D eigenvalue weighted by Gasteiger charge is -2.50. The molecule has 7 nitrogen and oxygen atoms in total. The number of nitrogens with zero attached hydrogens (tertiary/aromatic N) is 1. The summed E-state index contributed by atoms with van der Waals surface area (Å²) in [6.07, 6.45) is 17.6. The van der Waals surface area contributed by atoms with E-state index in [2.05, 4.69) is 12.2 Å². The zero-order valence-corrected chi connectivity index (χ0v) is 23.4. The Kier molecular flexibility index (Phi) is 19.1. The number of aliphatic carboxylic acids is 3. The number of allylic oxidation sites excluding steroid dienone is 2. The molecule has 0 heterocycles. The predicted molar refractivity (Wildman–Crippen MR) is 145 cm³/mol. The summed E-state index contributed by atoms with van der Waals surface area (Å²) in [5.74, 6) is -3.26. The standard InChI is InChI=1S/C29H53NO6/c1-5-9-10-11-12-13-14-15-16-17-18-19-23-30(24(20-6-2)27(31)32,25(21-7-3)28(33)34)26(22-8-4)29(35)36/h5,9,24-26H,6-8,10-23H2,1-4H3,(H2-,31,32,33,34,35,36)/p+1/b9-5+. The number of hydrogen-bond donors (Lipinski definition) is 3. The molecule has 7 heteroatoms. The van der Waals surface area contributed by atoms with E-state index in [-0.39, 0.29) is 30.3 Å². The first-order valence-electron chi connectivity index (χ1n) is 14.4. The van der Waals surface area contributed by atoms with Crippen LogP contribution in [0.1, 0.15) is 130 Å². The van der Waals surface area contributed by atoms with Gasteiger partial charge in [0, 0.05) is 19.3 Å². The largest absolute Gasteiger partial charge is 0.477 e. The molecule has 0 saturated heterocycles. The highest BCUT2D eigenvalue weighted by Crippen LogP contribution is 2.34. The minimum absolute atomic E-state index is 0.268. The molecule has 0 saturated carbocycles. The highest BCUT2D eigenvalue weighted by molar-refractivity contribution is 5.78. The molecule has 0 amide bonds. The van der Waals surface area contributed by atoms with Crippen molar-refractivity contribution in [2.24, 2.45) is 0 Å². The molecule has 36 heavy (non-hydrogen) atoms. The number of carboxylic acid groups (broad SMARTS) is 3. The summed E-state index contributed by atoms with van der Waals surface area (Å²) >= 11 is 0. The van der Waals surface area contributed by atoms with Gasteiger partial charge in [-0.2, -0.15) is 0 Å². The number of carbonyl (C=O) groups is 3. The van der Waals surface area contributed by atoms with E-state index in [4.69, 9.17) is 0 Å². The van der Waals surface area contributed by atoms with E-state index in [0.29, 0.717) is 25.7 Å². The van der Waals surface area contributed by atoms with Gasteiger partial charge in [-0.1, -0.05) is 71.4 Å². The molecule has 0 rings (SSSR count). The lowest BCUT2D eigenvalue weighted by atomic mass is 9.91. The quantitative estimate of drug-likeness (QED) is 0.0726. The fourth-order valence-electron chi connectivity index (χ4n) is 5.70. The molecule has 0 aromatic heterocycles. The first-order chi connectivity index (χ1) is 17.2. The first-order valence-corrected chi connectivity index (χ1v) is 14.4. The SMILES string of the molecule is C/C=C/CCCCCCCCCCC[N+](C(CCC)C(=O)O)(C(CCC)C(=O)O)C(CCC)C(=O)O. The van der Waals surface area contributed by atoms with Crippen LogP contribution in [0.25, 0.3) is 0 Å². The molecule has 3 N–H and O–H groups in total. The molecular weight excluding hydrogens is 458 g/mol. The predicted octanol–water partition coefficient (Wildman–Crippen LogP) is 7.04. The van der Waals surface area contributed by atoms with Crippen LogP contribution in [0.15, 0.2) is 12.2 Å². The van der Waals surface area contributed by atoms with E-state index in [1.807, 2.05) is 27.7 Å². The van der Waals surface area contributed by atoms with Crippen molar-refractivity contribution < 1.29 is 34.2 Å². The summed E-state index contributed by atoms with van der Waals surface area (Å²) in [7, 11) is 0. The van der Waals surface area contributed by atoms with Crippen molar-refractivity contribution in [2.75, 3.05) is 6.54 Å². The van der Waals surface area contributed by atoms with Crippen LogP contribution in [0.4, 0.5) is 0 Å². The second-order valence-electron chi connectivity index (χ2n) is 10.2. The van der Waals surface area contributed by atoms with Gasteiger partial charge in [-0.3, -0.25) is 4.48 Å². The molecule has 210 valence electrons. The summed E-state index contributed by atoms with van der Waals surface area (Å²) in [5, 5.41) is 30.7. The van der Waals surface area contributed by atoms with Crippen LogP contribution < -0.4 is 0 Å². The number of hydrogen-bond acceptors (Lipinski definition) is 3. The highest BCUT2D eigenvalue weighted by Gasteiger charge is 2.56. The van der Waals surface area contributed by atoms with Crippen LogP contribution in [-0.4, -0.2) is 62.4 Å². The van der Waals surface area contributed by atoms with Crippen LogP contribution in [0.5, 0.6) is 0 Å². The maximum Gasteiger partial charge on any atom is 0.362 e. The average molecular weight is 513 g/mol. The van der Waals surface area contributed by atoms with Gasteiger partial charge in [0.1, 0.15) is 0 Å². The van der Waals surface area contributed by atoms with Crippen molar-refractivity contribution in [3.8, 4) is 0 Å². The van der Waals surface area contributed by atoms with E-state index in [0.717, 1.165) is 25.7 Å². The Morgan fingerprint density at radius 2 is 0.944 bits per heavy atom. The molecule has 0 aliphatic carbocycles. The lowest BCUT2D eigenvalue weighted by Crippen LogP contribution is -2.72. The van der Waals surface area contributed by atoms with E-state index in [1.54, 1.807) is 0 Å². The summed E-state index contributed by atoms with van der Waals surface area (Å²) < 4.78 is -0.373. The molecule has 0 aliphatic heterocycles. The van der Waals surface area contributed by atoms with Crippen molar-refractivity contribution in [2.45, 2.75) is 149 Å². The van der Waals surface area contributed by atoms with Gasteiger partial charge in [-0.05, 0) is 51.9 Å². The smallest absolute Gasteiger partial charge is 0.362 e. The zero-order chi connectivity index (χ0) is 27.4. The maximum absolute atomic E-state index is 12.5. The molecule has 0 radical (unpaired) electrons. The molecule has 0 bridgehead atoms. The molecule has 0 aromatic carbocycles. The third-order valence-corrected chi connectivity index (χ3v) is 7.43. The van der Waals surface area contributed by atoms with Gasteiger partial charge < -0.3 is 15.3 Å². The van der Waals surface area contributed by atoms with Crippen LogP contribution >= 0.6 is 0 Å². The van der Waals surface area contributed by atoms with Gasteiger partial charge in [0.2, 0.25) is 0 Å². The molecule has 0 aliphatic rings. The third kappa shape index (κ3) is 11.4. The highest BCUT2D eigenvalue weighted by atomic mass is 16.4. The van der Waals surface area contributed by atoms with Gasteiger partial charge >= 0.3 is 17.9 Å². The van der Waals surface area contributed by atoms with Crippen molar-refractivity contribution in [1.29, 1.82) is 0 Å². The Hall–Kier alpha value is -1.89. The second kappa shape index (κ2) is 20.2. The van der Waals surface area contributed by atoms with Gasteiger partial charge in [0.15, 0.2) is 18.1 Å². The molecule has 3 atom stereocenters. The van der Waals surface area contributed by atoms with Gasteiger partial charge in [-0.15, -0.1) is 0 Å². The van der Waals surface area contributed by atoms with Crippen LogP contribution in [-0.2, 0) is 14.4 Å². The Morgan fingerprint density at radius 3 is 1.25 bits per heavy atom. The van der Waals surface area contributed by atoms with Crippen molar-refractivity contribution in [1.82, 2.24) is 0 Å². The van der Waals surface area contributed by atoms with Crippen molar-refractivity contribution in [3.63, 3.8) is 0 Å². The second-order valence-corrected chi connectivity index (χ2v) is 10.2. The monoisotopic (exact) mass is 512 g/mol. The lowest BCUT2D eigenvalue weighted by molar-refractivity contribution is -0.973. The summed E-state index contributed by atoms with van der Waals surface area (Å²) in [6, 6.07) is -3.13. The molecular formula is C29H54NO6+. The van der Waals surface area contributed by atoms with E-state index in [1.165, 1.54) is 32.1 Å². The summed E-state index contributed by atoms with van der Waals surface area (Å²) in [5.41, 5.74) is 0. The van der Waals surface area contributed by atoms with Crippen molar-refractivity contribution >= 4 is 17.9 Å². The first kappa shape index (κ1) is 34.1. The Labute approximate surface area is 219 Å². The molecule has 0 aromatic rings. The number of quaternary nitrogens is 1. The maximum atomic E-state index is 12.5. The minimum atomic E-state index is -1.09. The summed E-state index contributed by atoms with van der Waals surface area (Å²) in [4.78, 5) is 37.5. The van der Waals surface area contributed by atoms with Crippen LogP contribution in [0, 0.1) is 0 Å². The number of carboxylic acids is 3. The van der Waals surface area contributed by atoms with E-state index >= 15 is 0 Å². The van der Waals surface area contributed by atoms with Crippen molar-refractivity contribution in [3.05, 3.63) is 12.2 Å². The fraction of sp³-hybridized carbons (Fsp3) is 0.828. The third-order valence-electron chi connectivity index (χ3n) is 7.43. The topological polar surface area (TPSA) is 112 Å². The van der Waals surface area contributed by atoms with Gasteiger partial charge in [0.25, 0.3) is 0 Å². The average Bonchev–Trinajstić information content (AvgIpc) is 2.83. The zero-order valence-electron chi connectivity index (χ0n) is 23.4. The Bertz CT molecular complexity index is 588.